The Bertz CT molecular complexity index is 253. The second-order valence-corrected chi connectivity index (χ2v) is 6.50. The van der Waals surface area contributed by atoms with Gasteiger partial charge in [-0.25, -0.2) is 0 Å². The maximum Gasteiger partial charge on any atom is 0.160 e. The highest BCUT2D eigenvalue weighted by Crippen LogP contribution is 2.35. The third-order valence-corrected chi connectivity index (χ3v) is 5.43. The van der Waals surface area contributed by atoms with E-state index in [0.29, 0.717) is 10.8 Å². The van der Waals surface area contributed by atoms with Crippen LogP contribution in [0.1, 0.15) is 26.7 Å². The molecule has 1 atom stereocenters. The van der Waals surface area contributed by atoms with Gasteiger partial charge in [0.1, 0.15) is 0 Å². The molecule has 0 N–H and O–H groups in total. The molecule has 80 valence electrons. The van der Waals surface area contributed by atoms with E-state index < -0.39 is 0 Å². The number of hydrogen-bond acceptors (Lipinski definition) is 3. The molecule has 1 fully saturated rings. The third-order valence-electron chi connectivity index (χ3n) is 3.01. The van der Waals surface area contributed by atoms with Crippen molar-refractivity contribution < 1.29 is 0 Å². The molecule has 0 aromatic heterocycles. The summed E-state index contributed by atoms with van der Waals surface area (Å²) < 4.78 is 0. The average molecular weight is 277 g/mol. The van der Waals surface area contributed by atoms with Crippen molar-refractivity contribution >= 4 is 32.9 Å². The fourth-order valence-corrected chi connectivity index (χ4v) is 3.82. The van der Waals surface area contributed by atoms with Gasteiger partial charge in [0.05, 0.1) is 6.54 Å². The SMILES string of the molecule is CC1(C)CCCN1C1=NCC(CBr)S1. The molecule has 0 spiro atoms. The van der Waals surface area contributed by atoms with E-state index >= 15 is 0 Å². The predicted molar refractivity (Wildman–Crippen MR) is 67.5 cm³/mol. The number of aliphatic imine (C=N–C) groups is 1. The number of nitrogens with zero attached hydrogens (tertiary/aromatic N) is 2. The molecule has 2 heterocycles. The molecule has 1 saturated heterocycles. The topological polar surface area (TPSA) is 15.6 Å². The van der Waals surface area contributed by atoms with E-state index in [1.54, 1.807) is 0 Å². The fourth-order valence-electron chi connectivity index (χ4n) is 2.09. The minimum atomic E-state index is 0.326. The van der Waals surface area contributed by atoms with Crippen molar-refractivity contribution in [3.05, 3.63) is 0 Å². The van der Waals surface area contributed by atoms with Crippen LogP contribution in [0.15, 0.2) is 4.99 Å². The van der Waals surface area contributed by atoms with Crippen molar-refractivity contribution in [2.75, 3.05) is 18.4 Å². The molecule has 14 heavy (non-hydrogen) atoms. The van der Waals surface area contributed by atoms with Gasteiger partial charge >= 0.3 is 0 Å². The summed E-state index contributed by atoms with van der Waals surface area (Å²) in [5.74, 6) is 0. The van der Waals surface area contributed by atoms with E-state index in [1.165, 1.54) is 24.6 Å². The van der Waals surface area contributed by atoms with Crippen LogP contribution >= 0.6 is 27.7 Å². The highest BCUT2D eigenvalue weighted by atomic mass is 79.9. The van der Waals surface area contributed by atoms with Gasteiger partial charge in [0, 0.05) is 22.7 Å². The summed E-state index contributed by atoms with van der Waals surface area (Å²) in [5.41, 5.74) is 0.326. The van der Waals surface area contributed by atoms with Gasteiger partial charge in [0.2, 0.25) is 0 Å². The molecule has 0 aliphatic carbocycles. The minimum absolute atomic E-state index is 0.326. The number of alkyl halides is 1. The lowest BCUT2D eigenvalue weighted by molar-refractivity contribution is 0.287. The van der Waals surface area contributed by atoms with Crippen LogP contribution in [0, 0.1) is 0 Å². The maximum atomic E-state index is 4.64. The summed E-state index contributed by atoms with van der Waals surface area (Å²) in [6.45, 7) is 6.82. The van der Waals surface area contributed by atoms with Crippen molar-refractivity contribution in [3.8, 4) is 0 Å². The Hall–Kier alpha value is 0.300. The smallest absolute Gasteiger partial charge is 0.160 e. The Labute approximate surface area is 98.7 Å². The number of likely N-dealkylation sites (tertiary alicyclic amines) is 1. The van der Waals surface area contributed by atoms with Crippen LogP contribution < -0.4 is 0 Å². The predicted octanol–water partition coefficient (Wildman–Crippen LogP) is 2.73. The monoisotopic (exact) mass is 276 g/mol. The summed E-state index contributed by atoms with van der Waals surface area (Å²) in [7, 11) is 0. The van der Waals surface area contributed by atoms with Gasteiger partial charge in [-0.1, -0.05) is 27.7 Å². The molecule has 0 saturated carbocycles. The van der Waals surface area contributed by atoms with E-state index in [1.807, 2.05) is 11.8 Å². The van der Waals surface area contributed by atoms with Crippen LogP contribution in [-0.4, -0.2) is 39.3 Å². The molecule has 2 rings (SSSR count). The quantitative estimate of drug-likeness (QED) is 0.685. The molecule has 2 aliphatic heterocycles. The van der Waals surface area contributed by atoms with Crippen LogP contribution in [0.4, 0.5) is 0 Å². The molecule has 0 bridgehead atoms. The summed E-state index contributed by atoms with van der Waals surface area (Å²) in [6, 6.07) is 0. The number of hydrogen-bond donors (Lipinski definition) is 0. The second-order valence-electron chi connectivity index (χ2n) is 4.59. The van der Waals surface area contributed by atoms with Gasteiger partial charge in [-0.15, -0.1) is 0 Å². The van der Waals surface area contributed by atoms with Gasteiger partial charge in [-0.2, -0.15) is 0 Å². The highest BCUT2D eigenvalue weighted by Gasteiger charge is 2.36. The molecular weight excluding hydrogens is 260 g/mol. The lowest BCUT2D eigenvalue weighted by Gasteiger charge is -2.33. The molecule has 0 radical (unpaired) electrons. The first kappa shape index (κ1) is 10.8. The van der Waals surface area contributed by atoms with Gasteiger partial charge in [0.25, 0.3) is 0 Å². The lowest BCUT2D eigenvalue weighted by Crippen LogP contribution is -2.41. The van der Waals surface area contributed by atoms with Crippen molar-refractivity contribution in [1.29, 1.82) is 0 Å². The van der Waals surface area contributed by atoms with Crippen LogP contribution in [0.2, 0.25) is 0 Å². The normalized spacial score (nSPS) is 30.9. The Morgan fingerprint density at radius 2 is 2.43 bits per heavy atom. The van der Waals surface area contributed by atoms with E-state index in [2.05, 4.69) is 39.7 Å². The molecule has 2 nitrogen and oxygen atoms in total. The van der Waals surface area contributed by atoms with Crippen molar-refractivity contribution in [3.63, 3.8) is 0 Å². The van der Waals surface area contributed by atoms with Crippen LogP contribution in [0.25, 0.3) is 0 Å². The van der Waals surface area contributed by atoms with Crippen LogP contribution in [-0.2, 0) is 0 Å². The maximum absolute atomic E-state index is 4.64. The summed E-state index contributed by atoms with van der Waals surface area (Å²) >= 11 is 5.47. The Balaban J connectivity index is 2.03. The zero-order valence-electron chi connectivity index (χ0n) is 8.79. The number of halogens is 1. The molecule has 0 aromatic rings. The van der Waals surface area contributed by atoms with Gasteiger partial charge in [-0.05, 0) is 26.7 Å². The second kappa shape index (κ2) is 4.05. The molecule has 0 amide bonds. The first-order valence-corrected chi connectivity index (χ1v) is 7.18. The first-order valence-electron chi connectivity index (χ1n) is 5.18. The zero-order chi connectivity index (χ0) is 10.2. The summed E-state index contributed by atoms with van der Waals surface area (Å²) in [4.78, 5) is 7.13. The van der Waals surface area contributed by atoms with Crippen LogP contribution in [0.3, 0.4) is 0 Å². The van der Waals surface area contributed by atoms with Gasteiger partial charge in [-0.3, -0.25) is 4.99 Å². The molecule has 0 aromatic carbocycles. The van der Waals surface area contributed by atoms with Gasteiger partial charge < -0.3 is 4.90 Å². The van der Waals surface area contributed by atoms with Gasteiger partial charge in [0.15, 0.2) is 5.17 Å². The number of rotatable bonds is 1. The number of thioether (sulfide) groups is 1. The van der Waals surface area contributed by atoms with Crippen LogP contribution in [0.5, 0.6) is 0 Å². The fraction of sp³-hybridized carbons (Fsp3) is 0.900. The van der Waals surface area contributed by atoms with E-state index in [-0.39, 0.29) is 0 Å². The largest absolute Gasteiger partial charge is 0.346 e. The summed E-state index contributed by atoms with van der Waals surface area (Å²) in [5, 5.41) is 2.98. The molecule has 1 unspecified atom stereocenters. The lowest BCUT2D eigenvalue weighted by atomic mass is 10.0. The Kier molecular flexibility index (Phi) is 3.12. The standard InChI is InChI=1S/C10H17BrN2S/c1-10(2)4-3-5-13(10)9-12-7-8(6-11)14-9/h8H,3-7H2,1-2H3. The molecular formula is C10H17BrN2S. The van der Waals surface area contributed by atoms with Crippen molar-refractivity contribution in [2.45, 2.75) is 37.5 Å². The molecule has 4 heteroatoms. The highest BCUT2D eigenvalue weighted by molar-refractivity contribution is 9.09. The van der Waals surface area contributed by atoms with Crippen molar-refractivity contribution in [2.24, 2.45) is 4.99 Å². The molecule has 2 aliphatic rings. The number of amidine groups is 1. The van der Waals surface area contributed by atoms with Crippen molar-refractivity contribution in [1.82, 2.24) is 4.90 Å². The Morgan fingerprint density at radius 3 is 2.93 bits per heavy atom. The van der Waals surface area contributed by atoms with E-state index in [4.69, 9.17) is 0 Å². The summed E-state index contributed by atoms with van der Waals surface area (Å²) in [6.07, 6.45) is 2.61. The minimum Gasteiger partial charge on any atom is -0.346 e. The first-order chi connectivity index (χ1) is 6.63. The Morgan fingerprint density at radius 1 is 1.64 bits per heavy atom. The third kappa shape index (κ3) is 1.96. The average Bonchev–Trinajstić information content (AvgIpc) is 2.70. The van der Waals surface area contributed by atoms with E-state index in [0.717, 1.165) is 11.9 Å². The zero-order valence-corrected chi connectivity index (χ0v) is 11.2. The van der Waals surface area contributed by atoms with E-state index in [9.17, 15) is 0 Å².